The third-order valence-electron chi connectivity index (χ3n) is 6.85. The summed E-state index contributed by atoms with van der Waals surface area (Å²) < 4.78 is 33.8. The maximum absolute atomic E-state index is 13.4. The van der Waals surface area contributed by atoms with Crippen LogP contribution in [-0.2, 0) is 20.9 Å². The average molecular weight is 644 g/mol. The lowest BCUT2D eigenvalue weighted by Crippen LogP contribution is -2.47. The van der Waals surface area contributed by atoms with E-state index in [9.17, 15) is 14.4 Å². The second-order valence-electron chi connectivity index (χ2n) is 12.3. The van der Waals surface area contributed by atoms with Crippen molar-refractivity contribution in [2.24, 2.45) is 0 Å². The fourth-order valence-corrected chi connectivity index (χ4v) is 4.61. The molecule has 1 aliphatic rings. The van der Waals surface area contributed by atoms with Gasteiger partial charge in [-0.3, -0.25) is 4.79 Å². The van der Waals surface area contributed by atoms with Gasteiger partial charge >= 0.3 is 12.1 Å². The number of carbonyl (C=O) groups excluding carboxylic acids is 3. The molecule has 4 rings (SSSR count). The number of amides is 1. The van der Waals surface area contributed by atoms with Gasteiger partial charge in [-0.2, -0.15) is 0 Å². The van der Waals surface area contributed by atoms with Gasteiger partial charge in [0.15, 0.2) is 23.3 Å². The Kier molecular flexibility index (Phi) is 11.1. The minimum absolute atomic E-state index is 0.0863. The number of benzene rings is 3. The Bertz CT molecular complexity index is 1650. The van der Waals surface area contributed by atoms with Gasteiger partial charge in [0.1, 0.15) is 22.7 Å². The van der Waals surface area contributed by atoms with Gasteiger partial charge in [0.05, 0.1) is 38.6 Å². The number of methoxy groups -OCH3 is 2. The fraction of sp³-hybridized carbons (Fsp3) is 0.324. The molecule has 0 saturated heterocycles. The normalized spacial score (nSPS) is 14.0. The number of rotatable bonds is 12. The van der Waals surface area contributed by atoms with Crippen LogP contribution in [0, 0.1) is 0 Å². The van der Waals surface area contributed by atoms with Crippen LogP contribution >= 0.6 is 0 Å². The highest BCUT2D eigenvalue weighted by atomic mass is 16.6. The maximum Gasteiger partial charge on any atom is 0.408 e. The largest absolute Gasteiger partial charge is 0.496 e. The lowest BCUT2D eigenvalue weighted by molar-refractivity contribution is -0.138. The van der Waals surface area contributed by atoms with Crippen molar-refractivity contribution < 1.29 is 42.8 Å². The van der Waals surface area contributed by atoms with Crippen LogP contribution in [0.15, 0.2) is 72.8 Å². The van der Waals surface area contributed by atoms with Crippen molar-refractivity contribution in [2.75, 3.05) is 20.8 Å². The number of nitrogens with one attached hydrogen (secondary N) is 1. The molecule has 1 unspecified atom stereocenters. The molecule has 0 fully saturated rings. The Balaban J connectivity index is 1.53. The zero-order chi connectivity index (χ0) is 34.2. The zero-order valence-corrected chi connectivity index (χ0v) is 27.7. The first-order chi connectivity index (χ1) is 22.3. The molecule has 0 bridgehead atoms. The third-order valence-corrected chi connectivity index (χ3v) is 6.85. The quantitative estimate of drug-likeness (QED) is 0.0984. The van der Waals surface area contributed by atoms with Crippen molar-refractivity contribution in [3.63, 3.8) is 0 Å². The number of carbonyl (C=O) groups is 3. The van der Waals surface area contributed by atoms with E-state index in [0.717, 1.165) is 5.56 Å². The minimum Gasteiger partial charge on any atom is -0.496 e. The SMILES string of the molecule is COc1ccc(/C=C/C(=O)c2ccc(OC)c3c2OC(C)(C)C=C3)cc1OC(=O)C(COCc1ccccc1)NC(=O)OC(C)(C)C. The fourth-order valence-electron chi connectivity index (χ4n) is 4.61. The topological polar surface area (TPSA) is 119 Å². The van der Waals surface area contributed by atoms with Crippen molar-refractivity contribution in [3.8, 4) is 23.0 Å². The van der Waals surface area contributed by atoms with Gasteiger partial charge < -0.3 is 33.7 Å². The van der Waals surface area contributed by atoms with Gasteiger partial charge in [0, 0.05) is 0 Å². The number of ketones is 1. The molecule has 1 aliphatic heterocycles. The predicted octanol–water partition coefficient (Wildman–Crippen LogP) is 6.80. The Hall–Kier alpha value is -5.09. The molecular formula is C37H41NO9. The molecule has 1 N–H and O–H groups in total. The van der Waals surface area contributed by atoms with E-state index in [1.807, 2.05) is 56.3 Å². The van der Waals surface area contributed by atoms with Crippen LogP contribution in [0.2, 0.25) is 0 Å². The lowest BCUT2D eigenvalue weighted by atomic mass is 9.97. The molecule has 248 valence electrons. The van der Waals surface area contributed by atoms with E-state index >= 15 is 0 Å². The van der Waals surface area contributed by atoms with E-state index in [1.54, 1.807) is 64.3 Å². The van der Waals surface area contributed by atoms with Gasteiger partial charge in [0.25, 0.3) is 0 Å². The molecular weight excluding hydrogens is 602 g/mol. The summed E-state index contributed by atoms with van der Waals surface area (Å²) in [4.78, 5) is 39.4. The molecule has 3 aromatic carbocycles. The molecule has 1 atom stereocenters. The third kappa shape index (κ3) is 9.70. The Morgan fingerprint density at radius 2 is 1.64 bits per heavy atom. The Morgan fingerprint density at radius 1 is 0.936 bits per heavy atom. The van der Waals surface area contributed by atoms with Crippen molar-refractivity contribution >= 4 is 30.0 Å². The first-order valence-electron chi connectivity index (χ1n) is 15.1. The molecule has 10 heteroatoms. The molecule has 0 radical (unpaired) electrons. The number of allylic oxidation sites excluding steroid dienone is 1. The van der Waals surface area contributed by atoms with Crippen molar-refractivity contribution in [1.82, 2.24) is 5.32 Å². The zero-order valence-electron chi connectivity index (χ0n) is 27.7. The molecule has 3 aromatic rings. The number of esters is 1. The number of hydrogen-bond donors (Lipinski definition) is 1. The number of hydrogen-bond acceptors (Lipinski definition) is 9. The van der Waals surface area contributed by atoms with Gasteiger partial charge in [-0.05, 0) is 88.2 Å². The van der Waals surface area contributed by atoms with E-state index in [0.29, 0.717) is 28.2 Å². The summed E-state index contributed by atoms with van der Waals surface area (Å²) in [6.07, 6.45) is 6.01. The van der Waals surface area contributed by atoms with Gasteiger partial charge in [-0.25, -0.2) is 9.59 Å². The number of alkyl carbamates (subject to hydrolysis) is 1. The van der Waals surface area contributed by atoms with E-state index in [-0.39, 0.29) is 30.5 Å². The second-order valence-corrected chi connectivity index (χ2v) is 12.3. The summed E-state index contributed by atoms with van der Waals surface area (Å²) in [5.74, 6) is 0.309. The molecule has 0 saturated carbocycles. The van der Waals surface area contributed by atoms with Crippen molar-refractivity contribution in [3.05, 3.63) is 95.1 Å². The highest BCUT2D eigenvalue weighted by Gasteiger charge is 2.29. The van der Waals surface area contributed by atoms with E-state index in [4.69, 9.17) is 28.4 Å². The predicted molar refractivity (Wildman–Crippen MR) is 178 cm³/mol. The molecule has 0 aromatic heterocycles. The summed E-state index contributed by atoms with van der Waals surface area (Å²) in [5.41, 5.74) is 1.13. The van der Waals surface area contributed by atoms with Crippen molar-refractivity contribution in [1.29, 1.82) is 0 Å². The monoisotopic (exact) mass is 643 g/mol. The molecule has 0 aliphatic carbocycles. The number of ether oxygens (including phenoxy) is 6. The van der Waals surface area contributed by atoms with Crippen LogP contribution < -0.4 is 24.3 Å². The van der Waals surface area contributed by atoms with E-state index < -0.39 is 29.3 Å². The van der Waals surface area contributed by atoms with Crippen LogP contribution in [0.3, 0.4) is 0 Å². The molecule has 10 nitrogen and oxygen atoms in total. The van der Waals surface area contributed by atoms with Crippen LogP contribution in [0.1, 0.15) is 61.7 Å². The van der Waals surface area contributed by atoms with Crippen molar-refractivity contribution in [2.45, 2.75) is 58.5 Å². The maximum atomic E-state index is 13.4. The molecule has 47 heavy (non-hydrogen) atoms. The van der Waals surface area contributed by atoms with E-state index in [2.05, 4.69) is 5.32 Å². The summed E-state index contributed by atoms with van der Waals surface area (Å²) in [6, 6.07) is 16.5. The second kappa shape index (κ2) is 15.0. The van der Waals surface area contributed by atoms with Crippen LogP contribution in [0.25, 0.3) is 12.2 Å². The summed E-state index contributed by atoms with van der Waals surface area (Å²) in [7, 11) is 3.00. The lowest BCUT2D eigenvalue weighted by Gasteiger charge is -2.29. The Morgan fingerprint density at radius 3 is 2.32 bits per heavy atom. The standard InChI is InChI=1S/C37H41NO9/c1-36(2,3)47-35(41)38-28(23-44-22-25-11-9-8-10-12-25)34(40)45-32-21-24(14-17-31(32)43-7)13-16-29(39)26-15-18-30(42-6)27-19-20-37(4,5)46-33(26)27/h8-21,28H,22-23H2,1-7H3,(H,38,41)/b16-13+. The van der Waals surface area contributed by atoms with Crippen LogP contribution in [-0.4, -0.2) is 55.9 Å². The molecule has 1 heterocycles. The summed E-state index contributed by atoms with van der Waals surface area (Å²) >= 11 is 0. The minimum atomic E-state index is -1.20. The molecule has 0 spiro atoms. The smallest absolute Gasteiger partial charge is 0.408 e. The first-order valence-corrected chi connectivity index (χ1v) is 15.1. The van der Waals surface area contributed by atoms with Crippen LogP contribution in [0.4, 0.5) is 4.79 Å². The first kappa shape index (κ1) is 34.8. The average Bonchev–Trinajstić information content (AvgIpc) is 3.01. The molecule has 1 amide bonds. The summed E-state index contributed by atoms with van der Waals surface area (Å²) in [5, 5.41) is 2.54. The van der Waals surface area contributed by atoms with Gasteiger partial charge in [-0.15, -0.1) is 0 Å². The summed E-state index contributed by atoms with van der Waals surface area (Å²) in [6.45, 7) is 8.99. The van der Waals surface area contributed by atoms with E-state index in [1.165, 1.54) is 13.2 Å². The highest BCUT2D eigenvalue weighted by Crippen LogP contribution is 2.40. The van der Waals surface area contributed by atoms with Gasteiger partial charge in [-0.1, -0.05) is 42.5 Å². The van der Waals surface area contributed by atoms with Crippen LogP contribution in [0.5, 0.6) is 23.0 Å². The highest BCUT2D eigenvalue weighted by molar-refractivity contribution is 6.09. The van der Waals surface area contributed by atoms with Gasteiger partial charge in [0.2, 0.25) is 0 Å². The number of fused-ring (bicyclic) bond motifs is 1. The Labute approximate surface area is 275 Å².